The third-order valence-corrected chi connectivity index (χ3v) is 3.17. The largest absolute Gasteiger partial charge is 0.513 e. The molecule has 6 heteroatoms. The van der Waals surface area contributed by atoms with Crippen LogP contribution in [0.25, 0.3) is 0 Å². The Morgan fingerprint density at radius 1 is 1.65 bits per heavy atom. The Bertz CT molecular complexity index is 353. The molecule has 0 saturated carbocycles. The van der Waals surface area contributed by atoms with Crippen LogP contribution in [-0.4, -0.2) is 35.4 Å². The molecule has 0 aromatic carbocycles. The van der Waals surface area contributed by atoms with Gasteiger partial charge < -0.3 is 9.68 Å². The van der Waals surface area contributed by atoms with E-state index in [2.05, 4.69) is 26.8 Å². The lowest BCUT2D eigenvalue weighted by Crippen LogP contribution is -2.44. The molecule has 1 atom stereocenters. The fourth-order valence-corrected chi connectivity index (χ4v) is 1.35. The third-order valence-electron chi connectivity index (χ3n) is 3.17. The minimum Gasteiger partial charge on any atom is -0.422 e. The van der Waals surface area contributed by atoms with Crippen LogP contribution in [0.15, 0.2) is 12.3 Å². The second-order valence-corrected chi connectivity index (χ2v) is 5.23. The molecule has 0 bridgehead atoms. The zero-order chi connectivity index (χ0) is 13.1. The van der Waals surface area contributed by atoms with E-state index in [-0.39, 0.29) is 5.60 Å². The normalized spacial score (nSPS) is 13.7. The second kappa shape index (κ2) is 5.74. The van der Waals surface area contributed by atoms with Crippen LogP contribution in [0.3, 0.4) is 0 Å². The molecule has 1 rings (SSSR count). The first kappa shape index (κ1) is 14.3. The highest BCUT2D eigenvalue weighted by atomic mass is 16.5. The van der Waals surface area contributed by atoms with Crippen molar-refractivity contribution in [1.29, 1.82) is 0 Å². The Labute approximate surface area is 105 Å². The summed E-state index contributed by atoms with van der Waals surface area (Å²) in [5.41, 5.74) is 0.209. The average molecular weight is 236 g/mol. The number of aryl methyl sites for hydroxylation is 1. The first-order valence-electron chi connectivity index (χ1n) is 6.26. The fourth-order valence-electron chi connectivity index (χ4n) is 1.35. The van der Waals surface area contributed by atoms with Gasteiger partial charge in [0, 0.05) is 18.3 Å². The molecule has 0 aliphatic rings. The summed E-state index contributed by atoms with van der Waals surface area (Å²) in [6.45, 7) is 8.98. The lowest BCUT2D eigenvalue weighted by Gasteiger charge is -2.31. The molecule has 0 radical (unpaired) electrons. The van der Waals surface area contributed by atoms with E-state index in [1.54, 1.807) is 6.07 Å². The van der Waals surface area contributed by atoms with E-state index in [4.69, 9.17) is 4.65 Å². The second-order valence-electron chi connectivity index (χ2n) is 5.23. The molecule has 0 aliphatic carbocycles. The summed E-state index contributed by atoms with van der Waals surface area (Å²) in [4.78, 5) is 0. The molecular formula is C11H22B2N2O2. The van der Waals surface area contributed by atoms with Gasteiger partial charge in [-0.15, -0.1) is 0 Å². The number of aromatic nitrogens is 2. The number of hydrogen-bond acceptors (Lipinski definition) is 3. The maximum atomic E-state index is 9.99. The van der Waals surface area contributed by atoms with Crippen molar-refractivity contribution in [3.8, 4) is 0 Å². The lowest BCUT2D eigenvalue weighted by atomic mass is 9.74. The molecule has 0 fully saturated rings. The summed E-state index contributed by atoms with van der Waals surface area (Å²) in [6, 6.07) is 1.80. The summed E-state index contributed by atoms with van der Waals surface area (Å²) >= 11 is 0. The van der Waals surface area contributed by atoms with Crippen LogP contribution in [-0.2, 0) is 11.2 Å². The van der Waals surface area contributed by atoms with Gasteiger partial charge in [-0.2, -0.15) is 5.10 Å². The minimum atomic E-state index is -0.953. The van der Waals surface area contributed by atoms with Crippen molar-refractivity contribution in [2.45, 2.75) is 52.1 Å². The summed E-state index contributed by atoms with van der Waals surface area (Å²) in [7, 11) is 1.12. The van der Waals surface area contributed by atoms with E-state index in [0.717, 1.165) is 13.0 Å². The SMILES string of the molecule is BC(C)C(C)(C)OB(O)c1ccn(CCC)n1. The predicted molar refractivity (Wildman–Crippen MR) is 73.3 cm³/mol. The van der Waals surface area contributed by atoms with E-state index in [9.17, 15) is 5.02 Å². The van der Waals surface area contributed by atoms with Crippen molar-refractivity contribution in [1.82, 2.24) is 9.78 Å². The van der Waals surface area contributed by atoms with Gasteiger partial charge in [-0.25, -0.2) is 0 Å². The Morgan fingerprint density at radius 2 is 2.29 bits per heavy atom. The van der Waals surface area contributed by atoms with Crippen molar-refractivity contribution in [3.05, 3.63) is 12.3 Å². The maximum absolute atomic E-state index is 9.99. The van der Waals surface area contributed by atoms with Crippen LogP contribution in [0, 0.1) is 0 Å². The molecule has 4 nitrogen and oxygen atoms in total. The topological polar surface area (TPSA) is 47.3 Å². The highest BCUT2D eigenvalue weighted by Crippen LogP contribution is 2.23. The van der Waals surface area contributed by atoms with Crippen LogP contribution in [0.5, 0.6) is 0 Å². The van der Waals surface area contributed by atoms with Crippen molar-refractivity contribution in [2.24, 2.45) is 0 Å². The summed E-state index contributed by atoms with van der Waals surface area (Å²) in [5.74, 6) is 0.329. The molecule has 1 aromatic heterocycles. The van der Waals surface area contributed by atoms with E-state index in [1.165, 1.54) is 0 Å². The zero-order valence-corrected chi connectivity index (χ0v) is 11.5. The van der Waals surface area contributed by atoms with Gasteiger partial charge in [-0.3, -0.25) is 4.68 Å². The Hall–Kier alpha value is -0.740. The van der Waals surface area contributed by atoms with Gasteiger partial charge in [0.1, 0.15) is 7.85 Å². The van der Waals surface area contributed by atoms with Gasteiger partial charge in [0.05, 0.1) is 5.59 Å². The van der Waals surface area contributed by atoms with Crippen molar-refractivity contribution < 1.29 is 9.68 Å². The van der Waals surface area contributed by atoms with Gasteiger partial charge in [0.25, 0.3) is 0 Å². The Balaban J connectivity index is 2.66. The summed E-state index contributed by atoms with van der Waals surface area (Å²) in [5, 5.41) is 14.3. The van der Waals surface area contributed by atoms with Gasteiger partial charge >= 0.3 is 7.12 Å². The molecule has 0 aliphatic heterocycles. The van der Waals surface area contributed by atoms with Crippen LogP contribution in [0.1, 0.15) is 34.1 Å². The van der Waals surface area contributed by atoms with Gasteiger partial charge in [-0.05, 0) is 32.2 Å². The quantitative estimate of drug-likeness (QED) is 0.718. The lowest BCUT2D eigenvalue weighted by molar-refractivity contribution is 0.0843. The van der Waals surface area contributed by atoms with Crippen LogP contribution < -0.4 is 5.59 Å². The number of nitrogens with zero attached hydrogens (tertiary/aromatic N) is 2. The minimum absolute atomic E-state index is 0.329. The van der Waals surface area contributed by atoms with Crippen molar-refractivity contribution in [3.63, 3.8) is 0 Å². The number of hydrogen-bond donors (Lipinski definition) is 1. The molecule has 1 N–H and O–H groups in total. The van der Waals surface area contributed by atoms with E-state index in [0.29, 0.717) is 11.4 Å². The van der Waals surface area contributed by atoms with E-state index >= 15 is 0 Å². The highest BCUT2D eigenvalue weighted by molar-refractivity contribution is 6.59. The van der Waals surface area contributed by atoms with E-state index < -0.39 is 7.12 Å². The standard InChI is InChI=1S/C11H22B2N2O2/c1-5-7-15-8-6-10(14-15)13(16)17-11(3,4)9(2)12/h6,8-9,16H,5,7,12H2,1-4H3. The van der Waals surface area contributed by atoms with Crippen LogP contribution >= 0.6 is 0 Å². The molecule has 17 heavy (non-hydrogen) atoms. The first-order chi connectivity index (χ1) is 7.86. The zero-order valence-electron chi connectivity index (χ0n) is 11.5. The summed E-state index contributed by atoms with van der Waals surface area (Å²) < 4.78 is 7.48. The van der Waals surface area contributed by atoms with Crippen molar-refractivity contribution >= 4 is 20.6 Å². The predicted octanol–water partition coefficient (Wildman–Crippen LogP) is 0.217. The number of rotatable bonds is 6. The molecule has 0 saturated heterocycles. The van der Waals surface area contributed by atoms with Crippen molar-refractivity contribution in [2.75, 3.05) is 0 Å². The Morgan fingerprint density at radius 3 is 2.82 bits per heavy atom. The smallest absolute Gasteiger partial charge is 0.422 e. The highest BCUT2D eigenvalue weighted by Gasteiger charge is 2.31. The van der Waals surface area contributed by atoms with Gasteiger partial charge in [0.15, 0.2) is 0 Å². The third kappa shape index (κ3) is 3.89. The maximum Gasteiger partial charge on any atom is 0.513 e. The van der Waals surface area contributed by atoms with Crippen LogP contribution in [0.2, 0.25) is 5.82 Å². The van der Waals surface area contributed by atoms with Gasteiger partial charge in [-0.1, -0.05) is 13.8 Å². The molecule has 1 heterocycles. The molecular weight excluding hydrogens is 214 g/mol. The molecule has 0 amide bonds. The fraction of sp³-hybridized carbons (Fsp3) is 0.727. The summed E-state index contributed by atoms with van der Waals surface area (Å²) in [6.07, 6.45) is 2.89. The van der Waals surface area contributed by atoms with Crippen LogP contribution in [0.4, 0.5) is 0 Å². The van der Waals surface area contributed by atoms with E-state index in [1.807, 2.05) is 24.7 Å². The first-order valence-corrected chi connectivity index (χ1v) is 6.26. The Kier molecular flexibility index (Phi) is 4.83. The molecule has 1 unspecified atom stereocenters. The van der Waals surface area contributed by atoms with Gasteiger partial charge in [0.2, 0.25) is 0 Å². The molecule has 0 spiro atoms. The molecule has 94 valence electrons. The molecule has 1 aromatic rings. The monoisotopic (exact) mass is 236 g/mol. The average Bonchev–Trinajstić information content (AvgIpc) is 2.66.